The first kappa shape index (κ1) is 13.4. The molecule has 1 atom stereocenters. The van der Waals surface area contributed by atoms with Gasteiger partial charge in [0.2, 0.25) is 0 Å². The van der Waals surface area contributed by atoms with Gasteiger partial charge < -0.3 is 11.1 Å². The summed E-state index contributed by atoms with van der Waals surface area (Å²) in [5, 5.41) is 3.35. The maximum absolute atomic E-state index is 5.99. The third-order valence-electron chi connectivity index (χ3n) is 3.37. The molecule has 21 heavy (non-hydrogen) atoms. The molecule has 4 heteroatoms. The predicted molar refractivity (Wildman–Crippen MR) is 87.2 cm³/mol. The van der Waals surface area contributed by atoms with E-state index in [9.17, 15) is 0 Å². The molecule has 0 amide bonds. The van der Waals surface area contributed by atoms with Crippen LogP contribution in [0.5, 0.6) is 0 Å². The number of rotatable bonds is 4. The molecular weight excluding hydrogens is 260 g/mol. The molecule has 3 rings (SSSR count). The Balaban J connectivity index is 1.79. The standard InChI is InChI=1S/C17H18N4/c1-12(11-13-7-3-2-4-8-13)19-17-16(18)20-14-9-5-6-10-15(14)21-17/h2-10,12H,11H2,1H3,(H2,18,20)(H,19,21). The molecule has 0 aliphatic rings. The van der Waals surface area contributed by atoms with Crippen molar-refractivity contribution in [2.24, 2.45) is 0 Å². The first-order chi connectivity index (χ1) is 10.2. The summed E-state index contributed by atoms with van der Waals surface area (Å²) in [6.45, 7) is 2.11. The molecule has 4 nitrogen and oxygen atoms in total. The number of nitrogens with one attached hydrogen (secondary N) is 1. The fourth-order valence-electron chi connectivity index (χ4n) is 2.37. The van der Waals surface area contributed by atoms with Crippen LogP contribution in [-0.2, 0) is 6.42 Å². The van der Waals surface area contributed by atoms with Crippen molar-refractivity contribution in [2.75, 3.05) is 11.1 Å². The van der Waals surface area contributed by atoms with Crippen molar-refractivity contribution in [3.05, 3.63) is 60.2 Å². The lowest BCUT2D eigenvalue weighted by atomic mass is 10.1. The quantitative estimate of drug-likeness (QED) is 0.769. The Labute approximate surface area is 124 Å². The van der Waals surface area contributed by atoms with E-state index in [-0.39, 0.29) is 6.04 Å². The van der Waals surface area contributed by atoms with E-state index in [1.165, 1.54) is 5.56 Å². The highest BCUT2D eigenvalue weighted by Crippen LogP contribution is 2.19. The molecule has 0 bridgehead atoms. The van der Waals surface area contributed by atoms with Gasteiger partial charge in [-0.3, -0.25) is 0 Å². The molecule has 0 aliphatic heterocycles. The first-order valence-electron chi connectivity index (χ1n) is 7.05. The van der Waals surface area contributed by atoms with E-state index < -0.39 is 0 Å². The number of nitrogens with zero attached hydrogens (tertiary/aromatic N) is 2. The maximum atomic E-state index is 5.99. The monoisotopic (exact) mass is 278 g/mol. The largest absolute Gasteiger partial charge is 0.381 e. The van der Waals surface area contributed by atoms with Crippen molar-refractivity contribution in [3.63, 3.8) is 0 Å². The maximum Gasteiger partial charge on any atom is 0.169 e. The number of fused-ring (bicyclic) bond motifs is 1. The molecule has 0 aliphatic carbocycles. The number of para-hydroxylation sites is 2. The van der Waals surface area contributed by atoms with Gasteiger partial charge in [0.25, 0.3) is 0 Å². The molecule has 0 spiro atoms. The second-order valence-corrected chi connectivity index (χ2v) is 5.18. The Morgan fingerprint density at radius 2 is 1.57 bits per heavy atom. The Hall–Kier alpha value is -2.62. The average molecular weight is 278 g/mol. The molecule has 1 unspecified atom stereocenters. The summed E-state index contributed by atoms with van der Waals surface area (Å²) in [6, 6.07) is 18.3. The molecule has 2 aromatic carbocycles. The molecule has 0 radical (unpaired) electrons. The van der Waals surface area contributed by atoms with E-state index in [0.717, 1.165) is 17.5 Å². The molecule has 0 fully saturated rings. The highest BCUT2D eigenvalue weighted by molar-refractivity contribution is 5.79. The van der Waals surface area contributed by atoms with Crippen LogP contribution in [0.15, 0.2) is 54.6 Å². The minimum atomic E-state index is 0.227. The summed E-state index contributed by atoms with van der Waals surface area (Å²) in [4.78, 5) is 8.95. The fraction of sp³-hybridized carbons (Fsp3) is 0.176. The van der Waals surface area contributed by atoms with E-state index in [0.29, 0.717) is 11.6 Å². The lowest BCUT2D eigenvalue weighted by molar-refractivity contribution is 0.785. The van der Waals surface area contributed by atoms with Crippen LogP contribution in [0.2, 0.25) is 0 Å². The summed E-state index contributed by atoms with van der Waals surface area (Å²) in [5.41, 5.74) is 8.94. The summed E-state index contributed by atoms with van der Waals surface area (Å²) in [7, 11) is 0. The van der Waals surface area contributed by atoms with E-state index in [1.807, 2.05) is 42.5 Å². The summed E-state index contributed by atoms with van der Waals surface area (Å²) < 4.78 is 0. The minimum absolute atomic E-state index is 0.227. The van der Waals surface area contributed by atoms with Crippen LogP contribution >= 0.6 is 0 Å². The van der Waals surface area contributed by atoms with E-state index >= 15 is 0 Å². The van der Waals surface area contributed by atoms with Crippen molar-refractivity contribution >= 4 is 22.7 Å². The van der Waals surface area contributed by atoms with Crippen molar-refractivity contribution in [1.29, 1.82) is 0 Å². The van der Waals surface area contributed by atoms with Crippen LogP contribution in [0.25, 0.3) is 11.0 Å². The molecular formula is C17H18N4. The van der Waals surface area contributed by atoms with Crippen LogP contribution < -0.4 is 11.1 Å². The molecule has 0 saturated carbocycles. The van der Waals surface area contributed by atoms with Gasteiger partial charge in [0.15, 0.2) is 11.6 Å². The topological polar surface area (TPSA) is 63.8 Å². The number of benzene rings is 2. The molecule has 3 N–H and O–H groups in total. The fourth-order valence-corrected chi connectivity index (χ4v) is 2.37. The Morgan fingerprint density at radius 3 is 2.29 bits per heavy atom. The number of hydrogen-bond acceptors (Lipinski definition) is 4. The predicted octanol–water partition coefficient (Wildman–Crippen LogP) is 3.26. The van der Waals surface area contributed by atoms with Gasteiger partial charge in [-0.05, 0) is 31.0 Å². The third-order valence-corrected chi connectivity index (χ3v) is 3.37. The van der Waals surface area contributed by atoms with E-state index in [4.69, 9.17) is 5.73 Å². The van der Waals surface area contributed by atoms with Crippen molar-refractivity contribution in [2.45, 2.75) is 19.4 Å². The van der Waals surface area contributed by atoms with Gasteiger partial charge in [0.05, 0.1) is 11.0 Å². The lowest BCUT2D eigenvalue weighted by Crippen LogP contribution is -2.20. The number of aromatic nitrogens is 2. The van der Waals surface area contributed by atoms with Crippen LogP contribution in [0.1, 0.15) is 12.5 Å². The smallest absolute Gasteiger partial charge is 0.169 e. The lowest BCUT2D eigenvalue weighted by Gasteiger charge is -2.16. The van der Waals surface area contributed by atoms with E-state index in [1.54, 1.807) is 0 Å². The van der Waals surface area contributed by atoms with Gasteiger partial charge in [-0.1, -0.05) is 42.5 Å². The third kappa shape index (κ3) is 3.11. The zero-order valence-electron chi connectivity index (χ0n) is 12.0. The zero-order valence-corrected chi connectivity index (χ0v) is 12.0. The Bertz CT molecular complexity index is 740. The number of hydrogen-bond donors (Lipinski definition) is 2. The van der Waals surface area contributed by atoms with Crippen LogP contribution in [0.3, 0.4) is 0 Å². The molecule has 1 heterocycles. The molecule has 1 aromatic heterocycles. The van der Waals surface area contributed by atoms with Crippen molar-refractivity contribution in [1.82, 2.24) is 9.97 Å². The van der Waals surface area contributed by atoms with Gasteiger partial charge in [-0.15, -0.1) is 0 Å². The van der Waals surface area contributed by atoms with Gasteiger partial charge >= 0.3 is 0 Å². The van der Waals surface area contributed by atoms with Crippen molar-refractivity contribution < 1.29 is 0 Å². The van der Waals surface area contributed by atoms with Gasteiger partial charge in [0, 0.05) is 6.04 Å². The van der Waals surface area contributed by atoms with E-state index in [2.05, 4.69) is 34.3 Å². The average Bonchev–Trinajstić information content (AvgIpc) is 2.49. The Kier molecular flexibility index (Phi) is 3.69. The summed E-state index contributed by atoms with van der Waals surface area (Å²) >= 11 is 0. The SMILES string of the molecule is CC(Cc1ccccc1)Nc1nc2ccccc2nc1N. The summed E-state index contributed by atoms with van der Waals surface area (Å²) in [6.07, 6.45) is 0.911. The molecule has 0 saturated heterocycles. The first-order valence-corrected chi connectivity index (χ1v) is 7.05. The Morgan fingerprint density at radius 1 is 0.952 bits per heavy atom. The van der Waals surface area contributed by atoms with Gasteiger partial charge in [0.1, 0.15) is 0 Å². The van der Waals surface area contributed by atoms with Gasteiger partial charge in [-0.2, -0.15) is 0 Å². The van der Waals surface area contributed by atoms with Crippen LogP contribution in [-0.4, -0.2) is 16.0 Å². The highest BCUT2D eigenvalue weighted by atomic mass is 15.1. The molecule has 106 valence electrons. The molecule has 3 aromatic rings. The second kappa shape index (κ2) is 5.79. The van der Waals surface area contributed by atoms with Crippen LogP contribution in [0, 0.1) is 0 Å². The number of nitrogens with two attached hydrogens (primary N) is 1. The van der Waals surface area contributed by atoms with Crippen molar-refractivity contribution in [3.8, 4) is 0 Å². The van der Waals surface area contributed by atoms with Crippen LogP contribution in [0.4, 0.5) is 11.6 Å². The van der Waals surface area contributed by atoms with Gasteiger partial charge in [-0.25, -0.2) is 9.97 Å². The minimum Gasteiger partial charge on any atom is -0.381 e. The number of anilines is 2. The highest BCUT2D eigenvalue weighted by Gasteiger charge is 2.09. The summed E-state index contributed by atoms with van der Waals surface area (Å²) in [5.74, 6) is 1.09. The zero-order chi connectivity index (χ0) is 14.7. The normalized spacial score (nSPS) is 12.2. The second-order valence-electron chi connectivity index (χ2n) is 5.18. The number of nitrogen functional groups attached to an aromatic ring is 1.